The lowest BCUT2D eigenvalue weighted by molar-refractivity contribution is 0.0910. The topological polar surface area (TPSA) is 58.1 Å². The summed E-state index contributed by atoms with van der Waals surface area (Å²) in [6.07, 6.45) is 3.71. The summed E-state index contributed by atoms with van der Waals surface area (Å²) in [5, 5.41) is 4.17. The highest BCUT2D eigenvalue weighted by Crippen LogP contribution is 2.25. The molecule has 2 aromatic carbocycles. The van der Waals surface area contributed by atoms with Crippen molar-refractivity contribution in [3.8, 4) is 11.3 Å². The van der Waals surface area contributed by atoms with E-state index >= 15 is 0 Å². The minimum absolute atomic E-state index is 0.0241. The first-order valence-corrected chi connectivity index (χ1v) is 11.1. The van der Waals surface area contributed by atoms with Gasteiger partial charge < -0.3 is 5.32 Å². The Kier molecular flexibility index (Phi) is 5.90. The van der Waals surface area contributed by atoms with Crippen LogP contribution in [-0.2, 0) is 6.54 Å². The van der Waals surface area contributed by atoms with Crippen LogP contribution in [0.15, 0.2) is 85.1 Å². The third-order valence-electron chi connectivity index (χ3n) is 6.06. The molecular formula is C27H26N4O. The van der Waals surface area contributed by atoms with Crippen LogP contribution in [0, 0.1) is 0 Å². The van der Waals surface area contributed by atoms with Gasteiger partial charge in [0.15, 0.2) is 0 Å². The molecule has 1 aliphatic heterocycles. The van der Waals surface area contributed by atoms with Gasteiger partial charge in [-0.05, 0) is 37.1 Å². The van der Waals surface area contributed by atoms with Gasteiger partial charge in [0.25, 0.3) is 5.91 Å². The van der Waals surface area contributed by atoms with Gasteiger partial charge in [0.1, 0.15) is 0 Å². The number of fused-ring (bicyclic) bond motifs is 1. The number of hydrogen-bond donors (Lipinski definition) is 1. The van der Waals surface area contributed by atoms with Crippen molar-refractivity contribution in [1.82, 2.24) is 20.2 Å². The van der Waals surface area contributed by atoms with Crippen molar-refractivity contribution in [3.63, 3.8) is 0 Å². The molecule has 0 bridgehead atoms. The molecule has 2 aromatic heterocycles. The van der Waals surface area contributed by atoms with Crippen LogP contribution in [0.25, 0.3) is 22.2 Å². The highest BCUT2D eigenvalue weighted by molar-refractivity contribution is 6.07. The number of piperidine rings is 1. The number of benzene rings is 2. The average Bonchev–Trinajstić information content (AvgIpc) is 2.85. The van der Waals surface area contributed by atoms with Gasteiger partial charge >= 0.3 is 0 Å². The molecule has 5 heteroatoms. The quantitative estimate of drug-likeness (QED) is 0.507. The van der Waals surface area contributed by atoms with Crippen molar-refractivity contribution in [3.05, 3.63) is 96.3 Å². The van der Waals surface area contributed by atoms with E-state index < -0.39 is 0 Å². The van der Waals surface area contributed by atoms with Crippen LogP contribution >= 0.6 is 0 Å². The molecule has 0 aliphatic carbocycles. The van der Waals surface area contributed by atoms with Crippen LogP contribution in [0.4, 0.5) is 0 Å². The predicted molar refractivity (Wildman–Crippen MR) is 127 cm³/mol. The Balaban J connectivity index is 1.31. The van der Waals surface area contributed by atoms with E-state index in [0.717, 1.165) is 60.3 Å². The van der Waals surface area contributed by atoms with E-state index in [1.165, 1.54) is 0 Å². The normalized spacial score (nSPS) is 15.0. The number of pyridine rings is 2. The number of hydrogen-bond acceptors (Lipinski definition) is 4. The van der Waals surface area contributed by atoms with Gasteiger partial charge in [-0.2, -0.15) is 0 Å². The largest absolute Gasteiger partial charge is 0.349 e. The molecular weight excluding hydrogens is 396 g/mol. The Morgan fingerprint density at radius 2 is 1.69 bits per heavy atom. The molecule has 32 heavy (non-hydrogen) atoms. The molecule has 1 aliphatic rings. The minimum atomic E-state index is -0.0241. The van der Waals surface area contributed by atoms with E-state index in [9.17, 15) is 4.79 Å². The molecule has 3 heterocycles. The third kappa shape index (κ3) is 4.53. The summed E-state index contributed by atoms with van der Waals surface area (Å²) in [6.45, 7) is 2.76. The summed E-state index contributed by atoms with van der Waals surface area (Å²) in [4.78, 5) is 24.9. The van der Waals surface area contributed by atoms with Crippen molar-refractivity contribution in [2.75, 3.05) is 13.1 Å². The number of nitrogens with zero attached hydrogens (tertiary/aromatic N) is 3. The van der Waals surface area contributed by atoms with Crippen LogP contribution in [0.2, 0.25) is 0 Å². The molecule has 1 fully saturated rings. The maximum Gasteiger partial charge on any atom is 0.252 e. The van der Waals surface area contributed by atoms with Crippen LogP contribution in [0.5, 0.6) is 0 Å². The van der Waals surface area contributed by atoms with Crippen molar-refractivity contribution < 1.29 is 4.79 Å². The zero-order valence-corrected chi connectivity index (χ0v) is 17.9. The Labute approximate surface area is 188 Å². The van der Waals surface area contributed by atoms with Gasteiger partial charge in [0.05, 0.1) is 22.5 Å². The summed E-state index contributed by atoms with van der Waals surface area (Å²) >= 11 is 0. The summed E-state index contributed by atoms with van der Waals surface area (Å²) < 4.78 is 0. The summed E-state index contributed by atoms with van der Waals surface area (Å²) in [5.74, 6) is -0.0241. The van der Waals surface area contributed by atoms with Crippen molar-refractivity contribution in [2.45, 2.75) is 25.4 Å². The second-order valence-electron chi connectivity index (χ2n) is 8.28. The maximum atomic E-state index is 13.3. The van der Waals surface area contributed by atoms with E-state index in [4.69, 9.17) is 4.98 Å². The lowest BCUT2D eigenvalue weighted by Gasteiger charge is -2.32. The van der Waals surface area contributed by atoms with E-state index in [1.807, 2.05) is 79.0 Å². The number of carbonyl (C=O) groups excluding carboxylic acids is 1. The van der Waals surface area contributed by atoms with Gasteiger partial charge in [-0.25, -0.2) is 4.98 Å². The summed E-state index contributed by atoms with van der Waals surface area (Å²) in [7, 11) is 0. The monoisotopic (exact) mass is 422 g/mol. The maximum absolute atomic E-state index is 13.3. The minimum Gasteiger partial charge on any atom is -0.349 e. The van der Waals surface area contributed by atoms with Gasteiger partial charge in [0, 0.05) is 42.8 Å². The lowest BCUT2D eigenvalue weighted by atomic mass is 10.0. The molecule has 1 N–H and O–H groups in total. The van der Waals surface area contributed by atoms with E-state index in [1.54, 1.807) is 0 Å². The molecule has 0 spiro atoms. The Morgan fingerprint density at radius 1 is 0.938 bits per heavy atom. The van der Waals surface area contributed by atoms with E-state index in [0.29, 0.717) is 5.56 Å². The molecule has 0 saturated carbocycles. The third-order valence-corrected chi connectivity index (χ3v) is 6.06. The highest BCUT2D eigenvalue weighted by Gasteiger charge is 2.23. The fourth-order valence-corrected chi connectivity index (χ4v) is 4.34. The van der Waals surface area contributed by atoms with Crippen LogP contribution < -0.4 is 5.32 Å². The first kappa shape index (κ1) is 20.3. The molecule has 0 unspecified atom stereocenters. The van der Waals surface area contributed by atoms with E-state index in [-0.39, 0.29) is 11.9 Å². The fraction of sp³-hybridized carbons (Fsp3) is 0.222. The SMILES string of the molecule is O=C(NC1CCN(Cc2ccccn2)CC1)c1cc(-c2ccccc2)nc2ccccc12. The number of para-hydroxylation sites is 1. The second-order valence-corrected chi connectivity index (χ2v) is 8.28. The summed E-state index contributed by atoms with van der Waals surface area (Å²) in [6, 6.07) is 26.0. The number of likely N-dealkylation sites (tertiary alicyclic amines) is 1. The Morgan fingerprint density at radius 3 is 2.47 bits per heavy atom. The van der Waals surface area contributed by atoms with Crippen LogP contribution in [-0.4, -0.2) is 39.9 Å². The van der Waals surface area contributed by atoms with Gasteiger partial charge in [0.2, 0.25) is 0 Å². The molecule has 1 saturated heterocycles. The first-order chi connectivity index (χ1) is 15.8. The van der Waals surface area contributed by atoms with Crippen molar-refractivity contribution in [2.24, 2.45) is 0 Å². The summed E-state index contributed by atoms with van der Waals surface area (Å²) in [5.41, 5.74) is 4.44. The molecule has 5 nitrogen and oxygen atoms in total. The molecule has 4 aromatic rings. The number of aromatic nitrogens is 2. The molecule has 0 atom stereocenters. The smallest absolute Gasteiger partial charge is 0.252 e. The molecule has 0 radical (unpaired) electrons. The zero-order valence-electron chi connectivity index (χ0n) is 17.9. The van der Waals surface area contributed by atoms with Gasteiger partial charge in [-0.15, -0.1) is 0 Å². The van der Waals surface area contributed by atoms with Gasteiger partial charge in [-0.3, -0.25) is 14.7 Å². The highest BCUT2D eigenvalue weighted by atomic mass is 16.1. The van der Waals surface area contributed by atoms with Crippen molar-refractivity contribution in [1.29, 1.82) is 0 Å². The zero-order chi connectivity index (χ0) is 21.8. The van der Waals surface area contributed by atoms with Crippen molar-refractivity contribution >= 4 is 16.8 Å². The first-order valence-electron chi connectivity index (χ1n) is 11.1. The van der Waals surface area contributed by atoms with E-state index in [2.05, 4.69) is 21.3 Å². The standard InChI is InChI=1S/C27H26N4O/c32-27(29-21-13-16-31(17-14-21)19-22-10-6-7-15-28-22)24-18-26(20-8-2-1-3-9-20)30-25-12-5-4-11-23(24)25/h1-12,15,18,21H,13-14,16-17,19H2,(H,29,32). The number of rotatable bonds is 5. The number of nitrogens with one attached hydrogen (secondary N) is 1. The fourth-order valence-electron chi connectivity index (χ4n) is 4.34. The lowest BCUT2D eigenvalue weighted by Crippen LogP contribution is -2.44. The Hall–Kier alpha value is -3.57. The predicted octanol–water partition coefficient (Wildman–Crippen LogP) is 4.69. The second kappa shape index (κ2) is 9.28. The molecule has 5 rings (SSSR count). The number of amides is 1. The molecule has 1 amide bonds. The van der Waals surface area contributed by atoms with Crippen LogP contribution in [0.3, 0.4) is 0 Å². The Bertz CT molecular complexity index is 1200. The van der Waals surface area contributed by atoms with Crippen LogP contribution in [0.1, 0.15) is 28.9 Å². The molecule has 160 valence electrons. The number of carbonyl (C=O) groups is 1. The van der Waals surface area contributed by atoms with Gasteiger partial charge in [-0.1, -0.05) is 54.6 Å². The average molecular weight is 423 g/mol.